The van der Waals surface area contributed by atoms with Crippen molar-refractivity contribution in [1.29, 1.82) is 0 Å². The third-order valence-electron chi connectivity index (χ3n) is 4.70. The van der Waals surface area contributed by atoms with Crippen molar-refractivity contribution in [2.45, 2.75) is 44.6 Å². The van der Waals surface area contributed by atoms with E-state index >= 15 is 0 Å². The molecule has 0 radical (unpaired) electrons. The Morgan fingerprint density at radius 2 is 1.73 bits per heavy atom. The number of carbonyl (C=O) groups is 1. The monoisotopic (exact) mass is 372 g/mol. The molecule has 6 heteroatoms. The van der Waals surface area contributed by atoms with Gasteiger partial charge in [-0.1, -0.05) is 35.9 Å². The number of amides is 1. The summed E-state index contributed by atoms with van der Waals surface area (Å²) < 4.78 is 28.4. The maximum atomic E-state index is 13.4. The van der Waals surface area contributed by atoms with Crippen LogP contribution in [-0.2, 0) is 14.8 Å². The van der Waals surface area contributed by atoms with E-state index in [0.717, 1.165) is 29.5 Å². The summed E-state index contributed by atoms with van der Waals surface area (Å²) in [4.78, 5) is 11.7. The number of aryl methyl sites for hydroxylation is 2. The highest BCUT2D eigenvalue weighted by Crippen LogP contribution is 2.38. The van der Waals surface area contributed by atoms with E-state index in [1.807, 2.05) is 38.1 Å². The predicted octanol–water partition coefficient (Wildman–Crippen LogP) is 3.79. The number of hydrogen-bond acceptors (Lipinski definition) is 3. The smallest absolute Gasteiger partial charge is 0.245 e. The van der Waals surface area contributed by atoms with Crippen LogP contribution in [0.5, 0.6) is 0 Å². The number of nitrogens with zero attached hydrogens (tertiary/aromatic N) is 1. The van der Waals surface area contributed by atoms with Crippen LogP contribution in [0.2, 0.25) is 0 Å². The van der Waals surface area contributed by atoms with Crippen molar-refractivity contribution in [3.05, 3.63) is 59.2 Å². The van der Waals surface area contributed by atoms with Crippen LogP contribution < -0.4 is 5.32 Å². The number of hydrogen-bond donors (Lipinski definition) is 1. The Kier molecular flexibility index (Phi) is 5.16. The van der Waals surface area contributed by atoms with Gasteiger partial charge in [0.1, 0.15) is 4.90 Å². The van der Waals surface area contributed by atoms with Crippen molar-refractivity contribution in [3.8, 4) is 0 Å². The van der Waals surface area contributed by atoms with Crippen molar-refractivity contribution in [2.24, 2.45) is 0 Å². The molecular weight excluding hydrogens is 348 g/mol. The lowest BCUT2D eigenvalue weighted by molar-refractivity contribution is -0.114. The van der Waals surface area contributed by atoms with Gasteiger partial charge >= 0.3 is 0 Å². The zero-order valence-electron chi connectivity index (χ0n) is 15.3. The molecule has 1 aliphatic rings. The van der Waals surface area contributed by atoms with Crippen LogP contribution >= 0.6 is 0 Å². The quantitative estimate of drug-likeness (QED) is 0.888. The summed E-state index contributed by atoms with van der Waals surface area (Å²) in [5.74, 6) is -0.290. The minimum Gasteiger partial charge on any atom is -0.325 e. The highest BCUT2D eigenvalue weighted by atomic mass is 32.2. The molecule has 0 unspecified atom stereocenters. The van der Waals surface area contributed by atoms with E-state index in [0.29, 0.717) is 12.2 Å². The molecule has 5 nitrogen and oxygen atoms in total. The highest BCUT2D eigenvalue weighted by molar-refractivity contribution is 7.89. The average molecular weight is 372 g/mol. The Morgan fingerprint density at radius 3 is 2.38 bits per heavy atom. The van der Waals surface area contributed by atoms with Gasteiger partial charge in [-0.05, 0) is 49.9 Å². The molecule has 26 heavy (non-hydrogen) atoms. The second-order valence-electron chi connectivity index (χ2n) is 6.87. The fourth-order valence-corrected chi connectivity index (χ4v) is 5.33. The second kappa shape index (κ2) is 7.21. The molecule has 1 atom stereocenters. The van der Waals surface area contributed by atoms with E-state index < -0.39 is 10.0 Å². The third-order valence-corrected chi connectivity index (χ3v) is 6.65. The van der Waals surface area contributed by atoms with Crippen LogP contribution in [0.4, 0.5) is 5.69 Å². The topological polar surface area (TPSA) is 66.5 Å². The number of rotatable bonds is 4. The van der Waals surface area contributed by atoms with Crippen molar-refractivity contribution in [1.82, 2.24) is 4.31 Å². The first-order valence-corrected chi connectivity index (χ1v) is 10.2. The molecule has 0 spiro atoms. The number of nitrogens with one attached hydrogen (secondary N) is 1. The average Bonchev–Trinajstić information content (AvgIpc) is 3.07. The van der Waals surface area contributed by atoms with Gasteiger partial charge in [-0.3, -0.25) is 4.79 Å². The van der Waals surface area contributed by atoms with E-state index in [2.05, 4.69) is 5.32 Å². The second-order valence-corrected chi connectivity index (χ2v) is 8.72. The first-order chi connectivity index (χ1) is 12.3. The summed E-state index contributed by atoms with van der Waals surface area (Å²) in [6.07, 6.45) is 1.61. The van der Waals surface area contributed by atoms with Crippen molar-refractivity contribution < 1.29 is 13.2 Å². The summed E-state index contributed by atoms with van der Waals surface area (Å²) in [7, 11) is -3.73. The maximum absolute atomic E-state index is 13.4. The summed E-state index contributed by atoms with van der Waals surface area (Å²) in [5.41, 5.74) is 3.32. The minimum absolute atomic E-state index is 0.159. The van der Waals surface area contributed by atoms with Gasteiger partial charge in [0.15, 0.2) is 0 Å². The van der Waals surface area contributed by atoms with Crippen molar-refractivity contribution >= 4 is 21.6 Å². The zero-order valence-corrected chi connectivity index (χ0v) is 16.1. The lowest BCUT2D eigenvalue weighted by Gasteiger charge is -2.26. The molecule has 1 amide bonds. The van der Waals surface area contributed by atoms with Gasteiger partial charge in [-0.2, -0.15) is 4.31 Å². The zero-order chi connectivity index (χ0) is 18.9. The fourth-order valence-electron chi connectivity index (χ4n) is 3.41. The Hall–Kier alpha value is -2.18. The van der Waals surface area contributed by atoms with Gasteiger partial charge < -0.3 is 5.32 Å². The first-order valence-electron chi connectivity index (χ1n) is 8.75. The normalized spacial score (nSPS) is 18.0. The Bertz CT molecular complexity index is 921. The number of anilines is 1. The molecule has 0 aliphatic carbocycles. The Morgan fingerprint density at radius 1 is 1.08 bits per heavy atom. The summed E-state index contributed by atoms with van der Waals surface area (Å²) in [6.45, 7) is 5.72. The molecule has 1 saturated heterocycles. The molecule has 1 aliphatic heterocycles. The molecular formula is C20H24N2O3S. The Balaban J connectivity index is 2.03. The minimum atomic E-state index is -3.73. The molecule has 138 valence electrons. The van der Waals surface area contributed by atoms with Crippen molar-refractivity contribution in [2.75, 3.05) is 11.9 Å². The largest absolute Gasteiger partial charge is 0.325 e. The van der Waals surface area contributed by atoms with E-state index in [4.69, 9.17) is 0 Å². The molecule has 0 bridgehead atoms. The standard InChI is InChI=1S/C20H24N2O3S/c1-14-6-9-17(10-7-14)19-5-4-12-22(19)26(24,25)20-13-15(2)8-11-18(20)21-16(3)23/h6-11,13,19H,4-5,12H2,1-3H3,(H,21,23)/t19-/m1/s1. The van der Waals surface area contributed by atoms with Gasteiger partial charge in [0.25, 0.3) is 0 Å². The number of sulfonamides is 1. The molecule has 2 aromatic rings. The molecule has 1 heterocycles. The van der Waals surface area contributed by atoms with Crippen LogP contribution in [0.1, 0.15) is 42.5 Å². The van der Waals surface area contributed by atoms with Crippen molar-refractivity contribution in [3.63, 3.8) is 0 Å². The van der Waals surface area contributed by atoms with E-state index in [1.165, 1.54) is 6.92 Å². The number of benzene rings is 2. The van der Waals surface area contributed by atoms with Gasteiger partial charge in [0, 0.05) is 13.5 Å². The first kappa shape index (κ1) is 18.6. The molecule has 0 aromatic heterocycles. The van der Waals surface area contributed by atoms with Crippen LogP contribution in [0, 0.1) is 13.8 Å². The molecule has 0 saturated carbocycles. The maximum Gasteiger partial charge on any atom is 0.245 e. The van der Waals surface area contributed by atoms with Crippen LogP contribution in [0.3, 0.4) is 0 Å². The highest BCUT2D eigenvalue weighted by Gasteiger charge is 2.37. The van der Waals surface area contributed by atoms with Gasteiger partial charge in [0.05, 0.1) is 11.7 Å². The molecule has 2 aromatic carbocycles. The third kappa shape index (κ3) is 3.66. The predicted molar refractivity (Wildman–Crippen MR) is 103 cm³/mol. The van der Waals surface area contributed by atoms with E-state index in [9.17, 15) is 13.2 Å². The molecule has 1 N–H and O–H groups in total. The van der Waals surface area contributed by atoms with Gasteiger partial charge in [-0.15, -0.1) is 0 Å². The Labute approximate surface area is 155 Å². The number of carbonyl (C=O) groups excluding carboxylic acids is 1. The van der Waals surface area contributed by atoms with Crippen LogP contribution in [0.25, 0.3) is 0 Å². The van der Waals surface area contributed by atoms with Gasteiger partial charge in [0.2, 0.25) is 15.9 Å². The fraction of sp³-hybridized carbons (Fsp3) is 0.350. The van der Waals surface area contributed by atoms with Crippen LogP contribution in [-0.4, -0.2) is 25.2 Å². The molecule has 1 fully saturated rings. The molecule has 3 rings (SSSR count). The summed E-state index contributed by atoms with van der Waals surface area (Å²) in [6, 6.07) is 12.9. The SMILES string of the molecule is CC(=O)Nc1ccc(C)cc1S(=O)(=O)N1CCC[C@@H]1c1ccc(C)cc1. The lowest BCUT2D eigenvalue weighted by Crippen LogP contribution is -2.31. The van der Waals surface area contributed by atoms with E-state index in [1.54, 1.807) is 22.5 Å². The van der Waals surface area contributed by atoms with Crippen LogP contribution in [0.15, 0.2) is 47.4 Å². The lowest BCUT2D eigenvalue weighted by atomic mass is 10.0. The summed E-state index contributed by atoms with van der Waals surface area (Å²) >= 11 is 0. The van der Waals surface area contributed by atoms with E-state index in [-0.39, 0.29) is 16.8 Å². The summed E-state index contributed by atoms with van der Waals surface area (Å²) in [5, 5.41) is 2.65. The van der Waals surface area contributed by atoms with Gasteiger partial charge in [-0.25, -0.2) is 8.42 Å².